The van der Waals surface area contributed by atoms with Gasteiger partial charge >= 0.3 is 0 Å². The van der Waals surface area contributed by atoms with Gasteiger partial charge in [-0.1, -0.05) is 231 Å². The van der Waals surface area contributed by atoms with E-state index in [0.717, 1.165) is 101 Å². The van der Waals surface area contributed by atoms with E-state index in [1.54, 1.807) is 0 Å². The number of imidazole rings is 2. The largest absolute Gasteiger partial charge is 0.310 e. The van der Waals surface area contributed by atoms with Gasteiger partial charge in [-0.05, 0) is 198 Å². The molecule has 4 aliphatic rings. The maximum Gasteiger partial charge on any atom is 0.137 e. The molecule has 0 saturated heterocycles. The van der Waals surface area contributed by atoms with Crippen molar-refractivity contribution in [1.82, 2.24) is 28.7 Å². The van der Waals surface area contributed by atoms with Gasteiger partial charge in [0.15, 0.2) is 0 Å². The number of fused-ring (bicyclic) bond motifs is 23. The van der Waals surface area contributed by atoms with E-state index >= 15 is 0 Å². The van der Waals surface area contributed by atoms with Crippen LogP contribution in [0.2, 0.25) is 0 Å². The summed E-state index contributed by atoms with van der Waals surface area (Å²) in [5.41, 5.74) is 36.5. The standard InChI is InChI=1S/C96H60N8/c1-7-25-79-71(19-1)72-20-2-8-26-80(72)95(79)83-29-11-5-23-75(83)77-53-51-69(57-85(77)95)103(65-43-35-61(36-44-65)89-59-101-55-17-15-33-91(101)97-89)67-47-39-63(40-48-67)93-94(100-88-32-14-13-31-87(88)99-93)64-41-49-68(50-42-64)104(66-45-37-62(38-46-66)90-60-102-56-18-16-34-92(102)98-90)70-52-54-78-76-24-6-12-30-84(76)96(86(78)58-70)81-27-9-3-21-73(81)74-22-4-10-28-82(74)96/h1-60H. The predicted octanol–water partition coefficient (Wildman–Crippen LogP) is 23.2. The average molecular weight is 1330 g/mol. The second kappa shape index (κ2) is 22.3. The first-order chi connectivity index (χ1) is 51.5. The summed E-state index contributed by atoms with van der Waals surface area (Å²) in [4.78, 5) is 25.9. The van der Waals surface area contributed by atoms with Gasteiger partial charge in [0.1, 0.15) is 11.3 Å². The van der Waals surface area contributed by atoms with Gasteiger partial charge in [-0.3, -0.25) is 0 Å². The van der Waals surface area contributed by atoms with Crippen molar-refractivity contribution < 1.29 is 0 Å². The third-order valence-electron chi connectivity index (χ3n) is 22.4. The highest BCUT2D eigenvalue weighted by Gasteiger charge is 2.53. The minimum atomic E-state index is -0.517. The molecular formula is C96H60N8. The summed E-state index contributed by atoms with van der Waals surface area (Å²) >= 11 is 0. The number of nitrogens with zero attached hydrogens (tertiary/aromatic N) is 8. The molecule has 104 heavy (non-hydrogen) atoms. The molecule has 22 rings (SSSR count). The predicted molar refractivity (Wildman–Crippen MR) is 421 cm³/mol. The van der Waals surface area contributed by atoms with Crippen LogP contribution in [0.1, 0.15) is 44.5 Å². The molecule has 18 aromatic rings. The first kappa shape index (κ1) is 58.0. The van der Waals surface area contributed by atoms with E-state index in [1.165, 1.54) is 89.0 Å². The van der Waals surface area contributed by atoms with Gasteiger partial charge < -0.3 is 18.6 Å². The van der Waals surface area contributed by atoms with Crippen LogP contribution in [0.4, 0.5) is 34.1 Å². The summed E-state index contributed by atoms with van der Waals surface area (Å²) in [7, 11) is 0. The zero-order valence-corrected chi connectivity index (χ0v) is 56.2. The molecule has 484 valence electrons. The molecule has 0 atom stereocenters. The lowest BCUT2D eigenvalue weighted by atomic mass is 9.70. The molecule has 5 aromatic heterocycles. The van der Waals surface area contributed by atoms with Crippen molar-refractivity contribution in [1.29, 1.82) is 0 Å². The molecule has 0 unspecified atom stereocenters. The van der Waals surface area contributed by atoms with Gasteiger partial charge in [-0.15, -0.1) is 0 Å². The number of pyridine rings is 2. The van der Waals surface area contributed by atoms with Crippen LogP contribution in [0.3, 0.4) is 0 Å². The van der Waals surface area contributed by atoms with Crippen LogP contribution in [0.15, 0.2) is 365 Å². The van der Waals surface area contributed by atoms with E-state index in [2.05, 4.69) is 322 Å². The molecule has 13 aromatic carbocycles. The number of hydrogen-bond acceptors (Lipinski definition) is 6. The molecule has 5 heterocycles. The SMILES string of the molecule is c1ccc2c(c1)-c1ccccc1C21c2ccccc2-c2ccc(N(c3ccc(-c4cn5ccccc5n4)cc3)c3ccc(-c4nc5ccccc5nc4-c4ccc(N(c5ccc(-c6cn7ccccc7n6)cc5)c5ccc6c(c5)C5(c7ccccc7-c7ccccc75)c5ccccc5-6)cc4)cc3)cc21. The zero-order chi connectivity index (χ0) is 68.2. The minimum absolute atomic E-state index is 0.517. The fourth-order valence-corrected chi connectivity index (χ4v) is 18.0. The fraction of sp³-hybridized carbons (Fsp3) is 0.0208. The lowest BCUT2D eigenvalue weighted by Crippen LogP contribution is -2.26. The molecule has 0 saturated carbocycles. The Kier molecular flexibility index (Phi) is 12.5. The smallest absolute Gasteiger partial charge is 0.137 e. The normalized spacial score (nSPS) is 13.3. The Bertz CT molecular complexity index is 5970. The third kappa shape index (κ3) is 8.36. The van der Waals surface area contributed by atoms with E-state index in [9.17, 15) is 0 Å². The molecule has 0 fully saturated rings. The van der Waals surface area contributed by atoms with Gasteiger partial charge in [0.2, 0.25) is 0 Å². The topological polar surface area (TPSA) is 66.9 Å². The van der Waals surface area contributed by atoms with Crippen LogP contribution in [0.25, 0.3) is 112 Å². The van der Waals surface area contributed by atoms with Crippen LogP contribution < -0.4 is 9.80 Å². The summed E-state index contributed by atoms with van der Waals surface area (Å²) in [6.45, 7) is 0. The molecule has 0 radical (unpaired) electrons. The highest BCUT2D eigenvalue weighted by Crippen LogP contribution is 2.65. The molecule has 0 aliphatic heterocycles. The van der Waals surface area contributed by atoms with Gasteiger partial charge in [-0.2, -0.15) is 0 Å². The van der Waals surface area contributed by atoms with Crippen molar-refractivity contribution in [3.05, 3.63) is 409 Å². The van der Waals surface area contributed by atoms with Gasteiger partial charge in [0, 0.05) is 81.2 Å². The van der Waals surface area contributed by atoms with E-state index in [-0.39, 0.29) is 0 Å². The Balaban J connectivity index is 0.674. The van der Waals surface area contributed by atoms with Crippen molar-refractivity contribution >= 4 is 56.5 Å². The molecule has 0 amide bonds. The molecular weight excluding hydrogens is 1270 g/mol. The van der Waals surface area contributed by atoms with Gasteiger partial charge in [0.05, 0.1) is 44.6 Å². The molecule has 4 aliphatic carbocycles. The van der Waals surface area contributed by atoms with Crippen molar-refractivity contribution in [2.75, 3.05) is 9.80 Å². The fourth-order valence-electron chi connectivity index (χ4n) is 18.0. The van der Waals surface area contributed by atoms with E-state index < -0.39 is 10.8 Å². The summed E-state index contributed by atoms with van der Waals surface area (Å²) in [5.74, 6) is 0. The highest BCUT2D eigenvalue weighted by molar-refractivity contribution is 5.99. The third-order valence-corrected chi connectivity index (χ3v) is 22.4. The molecule has 2 spiro atoms. The number of para-hydroxylation sites is 2. The second-order valence-corrected chi connectivity index (χ2v) is 27.7. The first-order valence-corrected chi connectivity index (χ1v) is 35.6. The van der Waals surface area contributed by atoms with Gasteiger partial charge in [0.25, 0.3) is 0 Å². The van der Waals surface area contributed by atoms with E-state index in [4.69, 9.17) is 19.9 Å². The maximum atomic E-state index is 5.52. The summed E-state index contributed by atoms with van der Waals surface area (Å²) in [6, 6.07) is 124. The Hall–Kier alpha value is -13.8. The lowest BCUT2D eigenvalue weighted by Gasteiger charge is -2.32. The molecule has 0 bridgehead atoms. The second-order valence-electron chi connectivity index (χ2n) is 27.7. The summed E-state index contributed by atoms with van der Waals surface area (Å²) < 4.78 is 4.15. The van der Waals surface area contributed by atoms with Crippen molar-refractivity contribution in [3.63, 3.8) is 0 Å². The Morgan fingerprint density at radius 1 is 0.221 bits per heavy atom. The minimum Gasteiger partial charge on any atom is -0.310 e. The molecule has 0 N–H and O–H groups in total. The zero-order valence-electron chi connectivity index (χ0n) is 56.2. The number of hydrogen-bond donors (Lipinski definition) is 0. The average Bonchev–Trinajstić information content (AvgIpc) is 1.52. The van der Waals surface area contributed by atoms with Crippen LogP contribution in [-0.4, -0.2) is 28.7 Å². The Morgan fingerprint density at radius 2 is 0.490 bits per heavy atom. The van der Waals surface area contributed by atoms with Crippen LogP contribution >= 0.6 is 0 Å². The van der Waals surface area contributed by atoms with Crippen molar-refractivity contribution in [2.24, 2.45) is 0 Å². The quantitative estimate of drug-likeness (QED) is 0.136. The molecule has 8 nitrogen and oxygen atoms in total. The van der Waals surface area contributed by atoms with Crippen LogP contribution in [0, 0.1) is 0 Å². The maximum absolute atomic E-state index is 5.52. The summed E-state index contributed by atoms with van der Waals surface area (Å²) in [5, 5.41) is 0. The van der Waals surface area contributed by atoms with Gasteiger partial charge in [-0.25, -0.2) is 19.9 Å². The summed E-state index contributed by atoms with van der Waals surface area (Å²) in [6.07, 6.45) is 8.30. The van der Waals surface area contributed by atoms with E-state index in [0.29, 0.717) is 0 Å². The number of rotatable bonds is 10. The highest BCUT2D eigenvalue weighted by atomic mass is 15.1. The number of anilines is 6. The monoisotopic (exact) mass is 1320 g/mol. The molecule has 8 heteroatoms. The van der Waals surface area contributed by atoms with Crippen LogP contribution in [0.5, 0.6) is 0 Å². The Labute approximate surface area is 600 Å². The first-order valence-electron chi connectivity index (χ1n) is 35.6. The number of benzene rings is 13. The van der Waals surface area contributed by atoms with Crippen molar-refractivity contribution in [3.8, 4) is 89.5 Å². The Morgan fingerprint density at radius 3 is 0.808 bits per heavy atom. The van der Waals surface area contributed by atoms with Crippen molar-refractivity contribution in [2.45, 2.75) is 10.8 Å². The lowest BCUT2D eigenvalue weighted by molar-refractivity contribution is 0.793. The van der Waals surface area contributed by atoms with E-state index in [1.807, 2.05) is 60.9 Å². The van der Waals surface area contributed by atoms with Crippen LogP contribution in [-0.2, 0) is 10.8 Å². The number of aromatic nitrogens is 6.